The molecular formula is C9H15NO. The molecule has 62 valence electrons. The molecule has 0 spiro atoms. The number of hydrogen-bond acceptors (Lipinski definition) is 2. The molecule has 1 saturated carbocycles. The van der Waals surface area contributed by atoms with Gasteiger partial charge in [0, 0.05) is 12.6 Å². The van der Waals surface area contributed by atoms with Crippen molar-refractivity contribution in [2.24, 2.45) is 5.92 Å². The zero-order valence-electron chi connectivity index (χ0n) is 6.83. The summed E-state index contributed by atoms with van der Waals surface area (Å²) >= 11 is 0. The lowest BCUT2D eigenvalue weighted by atomic mass is 10.1. The van der Waals surface area contributed by atoms with Gasteiger partial charge in [0.1, 0.15) is 0 Å². The zero-order valence-corrected chi connectivity index (χ0v) is 6.83. The minimum atomic E-state index is 0.670. The van der Waals surface area contributed by atoms with E-state index in [2.05, 4.69) is 11.6 Å². The minimum Gasteiger partial charge on any atom is -0.295 e. The Kier molecular flexibility index (Phi) is 1.96. The first-order chi connectivity index (χ1) is 5.40. The summed E-state index contributed by atoms with van der Waals surface area (Å²) < 4.78 is 0. The summed E-state index contributed by atoms with van der Waals surface area (Å²) in [5, 5.41) is 2.15. The molecule has 0 amide bonds. The van der Waals surface area contributed by atoms with Crippen LogP contribution in [0.3, 0.4) is 0 Å². The van der Waals surface area contributed by atoms with Gasteiger partial charge in [0.15, 0.2) is 0 Å². The van der Waals surface area contributed by atoms with Crippen molar-refractivity contribution in [2.45, 2.75) is 25.3 Å². The van der Waals surface area contributed by atoms with Crippen LogP contribution in [0.4, 0.5) is 0 Å². The van der Waals surface area contributed by atoms with Crippen LogP contribution in [0.25, 0.3) is 0 Å². The van der Waals surface area contributed by atoms with Gasteiger partial charge in [0.2, 0.25) is 0 Å². The highest BCUT2D eigenvalue weighted by Crippen LogP contribution is 2.37. The summed E-state index contributed by atoms with van der Waals surface area (Å²) in [6.07, 6.45) is 5.92. The number of rotatable bonds is 3. The molecule has 1 aliphatic heterocycles. The second-order valence-electron chi connectivity index (χ2n) is 3.52. The first-order valence-corrected chi connectivity index (χ1v) is 4.40. The lowest BCUT2D eigenvalue weighted by Gasteiger charge is -2.24. The van der Waals surface area contributed by atoms with Crippen molar-refractivity contribution < 1.29 is 4.84 Å². The van der Waals surface area contributed by atoms with Crippen LogP contribution in [0, 0.1) is 5.92 Å². The minimum absolute atomic E-state index is 0.670. The van der Waals surface area contributed by atoms with Crippen LogP contribution in [0.5, 0.6) is 0 Å². The number of fused-ring (bicyclic) bond motifs is 2. The van der Waals surface area contributed by atoms with Crippen molar-refractivity contribution in [1.82, 2.24) is 5.06 Å². The third-order valence-corrected chi connectivity index (χ3v) is 2.72. The number of hydroxylamine groups is 2. The van der Waals surface area contributed by atoms with Crippen molar-refractivity contribution in [3.8, 4) is 0 Å². The van der Waals surface area contributed by atoms with Crippen LogP contribution in [0.2, 0.25) is 0 Å². The summed E-state index contributed by atoms with van der Waals surface area (Å²) in [5.74, 6) is 0.921. The molecule has 2 nitrogen and oxygen atoms in total. The van der Waals surface area contributed by atoms with Crippen molar-refractivity contribution in [1.29, 1.82) is 0 Å². The van der Waals surface area contributed by atoms with E-state index in [1.807, 2.05) is 6.08 Å². The molecule has 0 N–H and O–H groups in total. The molecule has 1 saturated heterocycles. The van der Waals surface area contributed by atoms with E-state index in [0.717, 1.165) is 18.5 Å². The Balaban J connectivity index is 1.83. The first kappa shape index (κ1) is 7.32. The van der Waals surface area contributed by atoms with Gasteiger partial charge in [-0.15, -0.1) is 6.58 Å². The molecular weight excluding hydrogens is 138 g/mol. The summed E-state index contributed by atoms with van der Waals surface area (Å²) in [7, 11) is 0. The van der Waals surface area contributed by atoms with E-state index in [1.165, 1.54) is 19.3 Å². The zero-order chi connectivity index (χ0) is 7.68. The number of piperidine rings is 1. The van der Waals surface area contributed by atoms with Gasteiger partial charge >= 0.3 is 0 Å². The normalized spacial score (nSPS) is 36.4. The summed E-state index contributed by atoms with van der Waals surface area (Å²) in [5.41, 5.74) is 0. The highest BCUT2D eigenvalue weighted by Gasteiger charge is 2.38. The van der Waals surface area contributed by atoms with Crippen molar-refractivity contribution in [3.05, 3.63) is 12.7 Å². The fourth-order valence-electron chi connectivity index (χ4n) is 2.19. The van der Waals surface area contributed by atoms with E-state index in [0.29, 0.717) is 6.61 Å². The van der Waals surface area contributed by atoms with E-state index < -0.39 is 0 Å². The Hall–Kier alpha value is -0.340. The van der Waals surface area contributed by atoms with Crippen molar-refractivity contribution >= 4 is 0 Å². The summed E-state index contributed by atoms with van der Waals surface area (Å²) in [6.45, 7) is 5.45. The van der Waals surface area contributed by atoms with Crippen LogP contribution in [0.1, 0.15) is 19.3 Å². The first-order valence-electron chi connectivity index (χ1n) is 4.40. The SMILES string of the molecule is C=CCON1CC2CCC1C2. The Morgan fingerprint density at radius 2 is 2.45 bits per heavy atom. The molecule has 2 heteroatoms. The third kappa shape index (κ3) is 1.33. The Morgan fingerprint density at radius 1 is 1.55 bits per heavy atom. The predicted molar refractivity (Wildman–Crippen MR) is 44.0 cm³/mol. The average molecular weight is 153 g/mol. The maximum atomic E-state index is 5.50. The van der Waals surface area contributed by atoms with Crippen LogP contribution in [-0.4, -0.2) is 24.3 Å². The molecule has 0 aromatic carbocycles. The number of hydrogen-bond donors (Lipinski definition) is 0. The van der Waals surface area contributed by atoms with Crippen molar-refractivity contribution in [3.63, 3.8) is 0 Å². The van der Waals surface area contributed by atoms with Gasteiger partial charge in [-0.05, 0) is 25.2 Å². The van der Waals surface area contributed by atoms with E-state index in [1.54, 1.807) is 0 Å². The molecule has 2 fully saturated rings. The van der Waals surface area contributed by atoms with Gasteiger partial charge in [-0.25, -0.2) is 0 Å². The molecule has 2 unspecified atom stereocenters. The smallest absolute Gasteiger partial charge is 0.0864 e. The lowest BCUT2D eigenvalue weighted by Crippen LogP contribution is -2.32. The van der Waals surface area contributed by atoms with E-state index in [9.17, 15) is 0 Å². The Morgan fingerprint density at radius 3 is 3.00 bits per heavy atom. The largest absolute Gasteiger partial charge is 0.295 e. The predicted octanol–water partition coefficient (Wildman–Crippen LogP) is 1.59. The van der Waals surface area contributed by atoms with Gasteiger partial charge in [-0.2, -0.15) is 5.06 Å². The number of nitrogens with zero attached hydrogens (tertiary/aromatic N) is 1. The van der Waals surface area contributed by atoms with Gasteiger partial charge in [-0.3, -0.25) is 4.84 Å². The molecule has 1 aliphatic carbocycles. The van der Waals surface area contributed by atoms with Crippen LogP contribution >= 0.6 is 0 Å². The van der Waals surface area contributed by atoms with E-state index in [-0.39, 0.29) is 0 Å². The third-order valence-electron chi connectivity index (χ3n) is 2.72. The maximum absolute atomic E-state index is 5.50. The Bertz CT molecular complexity index is 158. The highest BCUT2D eigenvalue weighted by molar-refractivity contribution is 4.88. The summed E-state index contributed by atoms with van der Waals surface area (Å²) in [6, 6.07) is 0.722. The van der Waals surface area contributed by atoms with E-state index in [4.69, 9.17) is 4.84 Å². The van der Waals surface area contributed by atoms with Crippen molar-refractivity contribution in [2.75, 3.05) is 13.2 Å². The standard InChI is InChI=1S/C9H15NO/c1-2-5-11-10-7-8-3-4-9(10)6-8/h2,8-9H,1,3-7H2. The van der Waals surface area contributed by atoms with Gasteiger partial charge in [0.05, 0.1) is 6.61 Å². The average Bonchev–Trinajstić information content (AvgIpc) is 2.60. The van der Waals surface area contributed by atoms with Gasteiger partial charge in [0.25, 0.3) is 0 Å². The van der Waals surface area contributed by atoms with E-state index >= 15 is 0 Å². The fourth-order valence-corrected chi connectivity index (χ4v) is 2.19. The maximum Gasteiger partial charge on any atom is 0.0864 e. The summed E-state index contributed by atoms with van der Waals surface area (Å²) in [4.78, 5) is 5.50. The quantitative estimate of drug-likeness (QED) is 0.571. The molecule has 0 radical (unpaired) electrons. The molecule has 1 heterocycles. The molecule has 0 aromatic heterocycles. The molecule has 2 rings (SSSR count). The monoisotopic (exact) mass is 153 g/mol. The molecule has 11 heavy (non-hydrogen) atoms. The lowest BCUT2D eigenvalue weighted by molar-refractivity contribution is -0.167. The van der Waals surface area contributed by atoms with Gasteiger partial charge < -0.3 is 0 Å². The second kappa shape index (κ2) is 2.95. The highest BCUT2D eigenvalue weighted by atomic mass is 16.7. The van der Waals surface area contributed by atoms with Crippen LogP contribution in [0.15, 0.2) is 12.7 Å². The van der Waals surface area contributed by atoms with Crippen LogP contribution in [-0.2, 0) is 4.84 Å². The molecule has 2 bridgehead atoms. The molecule has 0 aromatic rings. The van der Waals surface area contributed by atoms with Crippen LogP contribution < -0.4 is 0 Å². The molecule has 2 aliphatic rings. The molecule has 2 atom stereocenters. The van der Waals surface area contributed by atoms with Gasteiger partial charge in [-0.1, -0.05) is 6.08 Å². The fraction of sp³-hybridized carbons (Fsp3) is 0.778. The Labute approximate surface area is 67.8 Å². The second-order valence-corrected chi connectivity index (χ2v) is 3.52. The topological polar surface area (TPSA) is 12.5 Å².